The second kappa shape index (κ2) is 8.23. The van der Waals surface area contributed by atoms with Gasteiger partial charge in [0.25, 0.3) is 5.56 Å². The Morgan fingerprint density at radius 3 is 2.56 bits per heavy atom. The number of hydrogen-bond acceptors (Lipinski definition) is 5. The predicted octanol–water partition coefficient (Wildman–Crippen LogP) is 3.42. The second-order valence-corrected chi connectivity index (χ2v) is 6.52. The van der Waals surface area contributed by atoms with Crippen LogP contribution in [0.4, 0.5) is 0 Å². The van der Waals surface area contributed by atoms with Crippen LogP contribution in [0.5, 0.6) is 5.75 Å². The predicted molar refractivity (Wildman–Crippen MR) is 96.4 cm³/mol. The van der Waals surface area contributed by atoms with E-state index in [1.54, 1.807) is 23.0 Å². The lowest BCUT2D eigenvalue weighted by Crippen LogP contribution is -2.27. The maximum absolute atomic E-state index is 12.8. The van der Waals surface area contributed by atoms with Crippen LogP contribution in [-0.4, -0.2) is 26.1 Å². The lowest BCUT2D eigenvalue weighted by Gasteiger charge is -2.16. The topological polar surface area (TPSA) is 69.9 Å². The van der Waals surface area contributed by atoms with Crippen LogP contribution in [0.1, 0.15) is 69.8 Å². The Balaban J connectivity index is 2.02. The van der Waals surface area contributed by atoms with Gasteiger partial charge in [0.15, 0.2) is 5.75 Å². The molecule has 3 rings (SSSR count). The Morgan fingerprint density at radius 2 is 1.92 bits per heavy atom. The average molecular weight is 342 g/mol. The first-order valence-electron chi connectivity index (χ1n) is 9.31. The zero-order chi connectivity index (χ0) is 17.6. The molecular weight excluding hydrogens is 316 g/mol. The van der Waals surface area contributed by atoms with Crippen molar-refractivity contribution < 1.29 is 4.74 Å². The van der Waals surface area contributed by atoms with E-state index >= 15 is 0 Å². The van der Waals surface area contributed by atoms with Crippen LogP contribution in [0.25, 0.3) is 5.95 Å². The highest BCUT2D eigenvalue weighted by Crippen LogP contribution is 2.33. The number of aryl methyl sites for hydroxylation is 1. The Labute approximate surface area is 148 Å². The zero-order valence-electron chi connectivity index (χ0n) is 15.1. The molecule has 1 saturated carbocycles. The van der Waals surface area contributed by atoms with E-state index in [9.17, 15) is 4.79 Å². The van der Waals surface area contributed by atoms with E-state index in [0.717, 1.165) is 43.6 Å². The highest BCUT2D eigenvalue weighted by Gasteiger charge is 2.24. The molecule has 2 aromatic rings. The summed E-state index contributed by atoms with van der Waals surface area (Å²) in [6, 6.07) is 1.63. The van der Waals surface area contributed by atoms with Gasteiger partial charge in [-0.05, 0) is 32.6 Å². The second-order valence-electron chi connectivity index (χ2n) is 6.52. The van der Waals surface area contributed by atoms with Gasteiger partial charge >= 0.3 is 0 Å². The molecule has 0 spiro atoms. The fourth-order valence-corrected chi connectivity index (χ4v) is 3.36. The molecule has 134 valence electrons. The average Bonchev–Trinajstić information content (AvgIpc) is 3.15. The summed E-state index contributed by atoms with van der Waals surface area (Å²) in [7, 11) is 0. The van der Waals surface area contributed by atoms with E-state index in [0.29, 0.717) is 24.2 Å². The van der Waals surface area contributed by atoms with Crippen molar-refractivity contribution >= 4 is 0 Å². The number of rotatable bonds is 7. The van der Waals surface area contributed by atoms with Gasteiger partial charge in [0.05, 0.1) is 19.0 Å². The lowest BCUT2D eigenvalue weighted by molar-refractivity contribution is 0.337. The fourth-order valence-electron chi connectivity index (χ4n) is 3.36. The molecule has 0 aromatic carbocycles. The molecule has 0 N–H and O–H groups in total. The van der Waals surface area contributed by atoms with Crippen LogP contribution in [0.15, 0.2) is 23.3 Å². The van der Waals surface area contributed by atoms with Crippen molar-refractivity contribution in [1.82, 2.24) is 19.5 Å². The van der Waals surface area contributed by atoms with E-state index in [-0.39, 0.29) is 5.56 Å². The maximum Gasteiger partial charge on any atom is 0.260 e. The minimum Gasteiger partial charge on any atom is -0.491 e. The Hall–Kier alpha value is -2.24. The largest absolute Gasteiger partial charge is 0.491 e. The van der Waals surface area contributed by atoms with Crippen LogP contribution in [0.2, 0.25) is 0 Å². The summed E-state index contributed by atoms with van der Waals surface area (Å²) >= 11 is 0. The first-order valence-corrected chi connectivity index (χ1v) is 9.31. The van der Waals surface area contributed by atoms with Crippen LogP contribution >= 0.6 is 0 Å². The third-order valence-electron chi connectivity index (χ3n) is 4.63. The van der Waals surface area contributed by atoms with E-state index in [2.05, 4.69) is 16.9 Å². The fraction of sp³-hybridized carbons (Fsp3) is 0.579. The maximum atomic E-state index is 12.8. The standard InChI is InChI=1S/C19H26N4O2/c1-3-5-10-15-11-17(24)23(18(22-15)14-8-6-7-9-14)19-20-12-16(13-21-19)25-4-2/h11-14H,3-10H2,1-2H3. The molecule has 1 aliphatic carbocycles. The van der Waals surface area contributed by atoms with Crippen molar-refractivity contribution in [2.75, 3.05) is 6.61 Å². The molecule has 6 heteroatoms. The van der Waals surface area contributed by atoms with E-state index < -0.39 is 0 Å². The SMILES string of the molecule is CCCCc1cc(=O)n(-c2ncc(OCC)cn2)c(C2CCCC2)n1. The van der Waals surface area contributed by atoms with Crippen molar-refractivity contribution in [3.63, 3.8) is 0 Å². The zero-order valence-corrected chi connectivity index (χ0v) is 15.1. The normalized spacial score (nSPS) is 14.8. The van der Waals surface area contributed by atoms with Gasteiger partial charge in [-0.15, -0.1) is 0 Å². The first kappa shape index (κ1) is 17.6. The minimum absolute atomic E-state index is 0.0906. The van der Waals surface area contributed by atoms with Crippen molar-refractivity contribution in [3.8, 4) is 11.7 Å². The summed E-state index contributed by atoms with van der Waals surface area (Å²) in [5.41, 5.74) is 0.795. The third kappa shape index (κ3) is 4.06. The summed E-state index contributed by atoms with van der Waals surface area (Å²) < 4.78 is 6.98. The van der Waals surface area contributed by atoms with Gasteiger partial charge in [-0.3, -0.25) is 4.79 Å². The molecule has 25 heavy (non-hydrogen) atoms. The van der Waals surface area contributed by atoms with Crippen molar-refractivity contribution in [2.24, 2.45) is 0 Å². The summed E-state index contributed by atoms with van der Waals surface area (Å²) in [6.07, 6.45) is 10.7. The molecule has 2 heterocycles. The first-order chi connectivity index (χ1) is 12.2. The third-order valence-corrected chi connectivity index (χ3v) is 4.63. The summed E-state index contributed by atoms with van der Waals surface area (Å²) in [6.45, 7) is 4.62. The molecule has 0 amide bonds. The summed E-state index contributed by atoms with van der Waals surface area (Å²) in [4.78, 5) is 26.3. The number of aromatic nitrogens is 4. The van der Waals surface area contributed by atoms with Gasteiger partial charge in [-0.25, -0.2) is 19.5 Å². The van der Waals surface area contributed by atoms with Gasteiger partial charge in [-0.1, -0.05) is 26.2 Å². The Morgan fingerprint density at radius 1 is 1.20 bits per heavy atom. The number of ether oxygens (including phenoxy) is 1. The summed E-state index contributed by atoms with van der Waals surface area (Å²) in [5, 5.41) is 0. The van der Waals surface area contributed by atoms with E-state index in [1.807, 2.05) is 6.92 Å². The van der Waals surface area contributed by atoms with Crippen LogP contribution in [0, 0.1) is 0 Å². The molecule has 1 aliphatic rings. The molecule has 0 unspecified atom stereocenters. The van der Waals surface area contributed by atoms with Crippen LogP contribution < -0.4 is 10.3 Å². The highest BCUT2D eigenvalue weighted by molar-refractivity contribution is 5.23. The van der Waals surface area contributed by atoms with Gasteiger partial charge < -0.3 is 4.74 Å². The van der Waals surface area contributed by atoms with Crippen LogP contribution in [-0.2, 0) is 6.42 Å². The molecule has 0 bridgehead atoms. The Kier molecular flexibility index (Phi) is 5.79. The molecule has 1 fully saturated rings. The summed E-state index contributed by atoms with van der Waals surface area (Å²) in [5.74, 6) is 2.11. The molecule has 6 nitrogen and oxygen atoms in total. The molecule has 0 aliphatic heterocycles. The molecule has 0 radical (unpaired) electrons. The van der Waals surface area contributed by atoms with Gasteiger partial charge in [-0.2, -0.15) is 0 Å². The lowest BCUT2D eigenvalue weighted by atomic mass is 10.1. The number of unbranched alkanes of at least 4 members (excludes halogenated alkanes) is 1. The Bertz CT molecular complexity index is 749. The monoisotopic (exact) mass is 342 g/mol. The molecule has 2 aromatic heterocycles. The van der Waals surface area contributed by atoms with Crippen molar-refractivity contribution in [2.45, 2.75) is 64.7 Å². The highest BCUT2D eigenvalue weighted by atomic mass is 16.5. The molecule has 0 saturated heterocycles. The van der Waals surface area contributed by atoms with Crippen molar-refractivity contribution in [1.29, 1.82) is 0 Å². The van der Waals surface area contributed by atoms with E-state index in [4.69, 9.17) is 9.72 Å². The van der Waals surface area contributed by atoms with E-state index in [1.165, 1.54) is 12.8 Å². The van der Waals surface area contributed by atoms with Crippen molar-refractivity contribution in [3.05, 3.63) is 40.3 Å². The molecule has 0 atom stereocenters. The minimum atomic E-state index is -0.0906. The quantitative estimate of drug-likeness (QED) is 0.771. The van der Waals surface area contributed by atoms with Gasteiger partial charge in [0, 0.05) is 17.7 Å². The molecular formula is C19H26N4O2. The van der Waals surface area contributed by atoms with Crippen LogP contribution in [0.3, 0.4) is 0 Å². The number of hydrogen-bond donors (Lipinski definition) is 0. The van der Waals surface area contributed by atoms with Gasteiger partial charge in [0.2, 0.25) is 5.95 Å². The van der Waals surface area contributed by atoms with Gasteiger partial charge in [0.1, 0.15) is 5.82 Å². The number of nitrogens with zero attached hydrogens (tertiary/aromatic N) is 4. The smallest absolute Gasteiger partial charge is 0.260 e.